The number of benzene rings is 1. The summed E-state index contributed by atoms with van der Waals surface area (Å²) in [7, 11) is 3.21. The lowest BCUT2D eigenvalue weighted by Crippen LogP contribution is -2.14. The monoisotopic (exact) mass is 324 g/mol. The summed E-state index contributed by atoms with van der Waals surface area (Å²) in [4.78, 5) is 12.1. The Labute approximate surface area is 118 Å². The molecule has 7 heteroatoms. The SMILES string of the molecule is COc1ccc(Br)cc1NC(=O)c1cnn(C)c1N. The number of aromatic nitrogens is 2. The van der Waals surface area contributed by atoms with Gasteiger partial charge in [-0.3, -0.25) is 9.48 Å². The Balaban J connectivity index is 2.28. The standard InChI is InChI=1S/C12H13BrN4O2/c1-17-11(14)8(6-15-17)12(18)16-9-5-7(13)3-4-10(9)19-2/h3-6H,14H2,1-2H3,(H,16,18). The van der Waals surface area contributed by atoms with Crippen LogP contribution in [0.4, 0.5) is 11.5 Å². The lowest BCUT2D eigenvalue weighted by molar-refractivity contribution is 0.102. The van der Waals surface area contributed by atoms with Crippen molar-refractivity contribution in [3.8, 4) is 5.75 Å². The Hall–Kier alpha value is -2.02. The van der Waals surface area contributed by atoms with Gasteiger partial charge in [0, 0.05) is 11.5 Å². The number of anilines is 2. The van der Waals surface area contributed by atoms with E-state index in [2.05, 4.69) is 26.3 Å². The summed E-state index contributed by atoms with van der Waals surface area (Å²) >= 11 is 3.34. The largest absolute Gasteiger partial charge is 0.495 e. The highest BCUT2D eigenvalue weighted by Gasteiger charge is 2.15. The molecule has 3 N–H and O–H groups in total. The topological polar surface area (TPSA) is 82.2 Å². The molecule has 6 nitrogen and oxygen atoms in total. The van der Waals surface area contributed by atoms with Crippen LogP contribution in [0, 0.1) is 0 Å². The van der Waals surface area contributed by atoms with Gasteiger partial charge in [-0.25, -0.2) is 0 Å². The second kappa shape index (κ2) is 5.31. The second-order valence-electron chi connectivity index (χ2n) is 3.87. The molecule has 2 aromatic rings. The van der Waals surface area contributed by atoms with E-state index in [1.165, 1.54) is 18.0 Å². The third kappa shape index (κ3) is 2.70. The zero-order valence-corrected chi connectivity index (χ0v) is 12.1. The number of aryl methyl sites for hydroxylation is 1. The summed E-state index contributed by atoms with van der Waals surface area (Å²) in [5.41, 5.74) is 6.64. The van der Waals surface area contributed by atoms with Crippen LogP contribution in [0.2, 0.25) is 0 Å². The molecule has 1 heterocycles. The first-order valence-electron chi connectivity index (χ1n) is 5.45. The zero-order chi connectivity index (χ0) is 14.0. The molecule has 19 heavy (non-hydrogen) atoms. The van der Waals surface area contributed by atoms with Crippen molar-refractivity contribution < 1.29 is 9.53 Å². The van der Waals surface area contributed by atoms with E-state index in [-0.39, 0.29) is 5.91 Å². The molecule has 0 aliphatic carbocycles. The highest BCUT2D eigenvalue weighted by Crippen LogP contribution is 2.28. The maximum absolute atomic E-state index is 12.1. The van der Waals surface area contributed by atoms with Crippen molar-refractivity contribution in [3.63, 3.8) is 0 Å². The van der Waals surface area contributed by atoms with Crippen LogP contribution in [-0.4, -0.2) is 22.8 Å². The van der Waals surface area contributed by atoms with E-state index in [1.54, 1.807) is 19.2 Å². The smallest absolute Gasteiger partial charge is 0.261 e. The molecule has 0 saturated carbocycles. The van der Waals surface area contributed by atoms with Crippen LogP contribution >= 0.6 is 15.9 Å². The van der Waals surface area contributed by atoms with Gasteiger partial charge in [0.2, 0.25) is 0 Å². The summed E-state index contributed by atoms with van der Waals surface area (Å²) in [6, 6.07) is 5.34. The van der Waals surface area contributed by atoms with Crippen LogP contribution in [-0.2, 0) is 7.05 Å². The summed E-state index contributed by atoms with van der Waals surface area (Å²) in [6.45, 7) is 0. The number of ether oxygens (including phenoxy) is 1. The third-order valence-corrected chi connectivity index (χ3v) is 3.13. The van der Waals surface area contributed by atoms with Gasteiger partial charge < -0.3 is 15.8 Å². The van der Waals surface area contributed by atoms with E-state index >= 15 is 0 Å². The van der Waals surface area contributed by atoms with Crippen LogP contribution in [0.15, 0.2) is 28.9 Å². The summed E-state index contributed by atoms with van der Waals surface area (Å²) in [5.74, 6) is 0.549. The van der Waals surface area contributed by atoms with E-state index in [9.17, 15) is 4.79 Å². The van der Waals surface area contributed by atoms with Crippen molar-refractivity contribution in [2.75, 3.05) is 18.2 Å². The molecule has 0 fully saturated rings. The number of nitrogens with zero attached hydrogens (tertiary/aromatic N) is 2. The number of carbonyl (C=O) groups is 1. The number of nitrogen functional groups attached to an aromatic ring is 1. The fourth-order valence-electron chi connectivity index (χ4n) is 1.59. The Bertz CT molecular complexity index is 624. The molecular weight excluding hydrogens is 312 g/mol. The van der Waals surface area contributed by atoms with Gasteiger partial charge in [0.15, 0.2) is 0 Å². The lowest BCUT2D eigenvalue weighted by atomic mass is 10.2. The Morgan fingerprint density at radius 1 is 1.53 bits per heavy atom. The highest BCUT2D eigenvalue weighted by atomic mass is 79.9. The second-order valence-corrected chi connectivity index (χ2v) is 4.78. The molecule has 1 amide bonds. The normalized spacial score (nSPS) is 10.3. The molecule has 0 aliphatic heterocycles. The predicted molar refractivity (Wildman–Crippen MR) is 76.3 cm³/mol. The number of hydrogen-bond acceptors (Lipinski definition) is 4. The number of halogens is 1. The quantitative estimate of drug-likeness (QED) is 0.905. The van der Waals surface area contributed by atoms with Crippen LogP contribution in [0.1, 0.15) is 10.4 Å². The number of rotatable bonds is 3. The first-order valence-corrected chi connectivity index (χ1v) is 6.24. The van der Waals surface area contributed by atoms with Crippen LogP contribution in [0.5, 0.6) is 5.75 Å². The van der Waals surface area contributed by atoms with E-state index in [4.69, 9.17) is 10.5 Å². The molecule has 100 valence electrons. The first-order chi connectivity index (χ1) is 9.02. The van der Waals surface area contributed by atoms with E-state index < -0.39 is 0 Å². The number of nitrogens with two attached hydrogens (primary N) is 1. The molecule has 0 aliphatic rings. The van der Waals surface area contributed by atoms with Crippen molar-refractivity contribution in [1.29, 1.82) is 0 Å². The van der Waals surface area contributed by atoms with Gasteiger partial charge in [-0.05, 0) is 18.2 Å². The highest BCUT2D eigenvalue weighted by molar-refractivity contribution is 9.10. The Morgan fingerprint density at radius 3 is 2.84 bits per heavy atom. The molecule has 0 unspecified atom stereocenters. The fourth-order valence-corrected chi connectivity index (χ4v) is 1.95. The van der Waals surface area contributed by atoms with Gasteiger partial charge in [-0.1, -0.05) is 15.9 Å². The minimum Gasteiger partial charge on any atom is -0.495 e. The number of hydrogen-bond donors (Lipinski definition) is 2. The molecule has 0 saturated heterocycles. The van der Waals surface area contributed by atoms with Crippen molar-refractivity contribution in [2.45, 2.75) is 0 Å². The molecular formula is C12H13BrN4O2. The van der Waals surface area contributed by atoms with Crippen molar-refractivity contribution in [3.05, 3.63) is 34.4 Å². The first kappa shape index (κ1) is 13.4. The van der Waals surface area contributed by atoms with E-state index in [0.717, 1.165) is 4.47 Å². The molecule has 0 bridgehead atoms. The Kier molecular flexibility index (Phi) is 3.75. The molecule has 0 radical (unpaired) electrons. The van der Waals surface area contributed by atoms with Gasteiger partial charge in [-0.15, -0.1) is 0 Å². The average molecular weight is 325 g/mol. The van der Waals surface area contributed by atoms with Gasteiger partial charge in [0.05, 0.1) is 19.0 Å². The third-order valence-electron chi connectivity index (χ3n) is 2.64. The predicted octanol–water partition coefficient (Wildman–Crippen LogP) is 2.03. The summed E-state index contributed by atoms with van der Waals surface area (Å²) < 4.78 is 7.46. The zero-order valence-electron chi connectivity index (χ0n) is 10.5. The maximum atomic E-state index is 12.1. The van der Waals surface area contributed by atoms with E-state index in [0.29, 0.717) is 22.8 Å². The average Bonchev–Trinajstić information content (AvgIpc) is 2.70. The number of carbonyl (C=O) groups excluding carboxylic acids is 1. The summed E-state index contributed by atoms with van der Waals surface area (Å²) in [6.07, 6.45) is 1.43. The van der Waals surface area contributed by atoms with Crippen molar-refractivity contribution in [2.24, 2.45) is 7.05 Å². The fraction of sp³-hybridized carbons (Fsp3) is 0.167. The van der Waals surface area contributed by atoms with Crippen molar-refractivity contribution in [1.82, 2.24) is 9.78 Å². The number of nitrogens with one attached hydrogen (secondary N) is 1. The van der Waals surface area contributed by atoms with E-state index in [1.807, 2.05) is 6.07 Å². The van der Waals surface area contributed by atoms with Gasteiger partial charge in [0.25, 0.3) is 5.91 Å². The van der Waals surface area contributed by atoms with Crippen LogP contribution in [0.25, 0.3) is 0 Å². The van der Waals surface area contributed by atoms with Crippen LogP contribution in [0.3, 0.4) is 0 Å². The summed E-state index contributed by atoms with van der Waals surface area (Å²) in [5, 5.41) is 6.67. The molecule has 0 atom stereocenters. The molecule has 0 spiro atoms. The van der Waals surface area contributed by atoms with Gasteiger partial charge in [0.1, 0.15) is 17.1 Å². The van der Waals surface area contributed by atoms with Crippen LogP contribution < -0.4 is 15.8 Å². The van der Waals surface area contributed by atoms with Gasteiger partial charge >= 0.3 is 0 Å². The Morgan fingerprint density at radius 2 is 2.26 bits per heavy atom. The minimum absolute atomic E-state index is 0.312. The lowest BCUT2D eigenvalue weighted by Gasteiger charge is -2.10. The molecule has 2 rings (SSSR count). The van der Waals surface area contributed by atoms with Crippen molar-refractivity contribution >= 4 is 33.3 Å². The number of methoxy groups -OCH3 is 1. The molecule has 1 aromatic heterocycles. The molecule has 1 aromatic carbocycles. The minimum atomic E-state index is -0.331. The number of amides is 1. The van der Waals surface area contributed by atoms with Gasteiger partial charge in [-0.2, -0.15) is 5.10 Å². The maximum Gasteiger partial charge on any atom is 0.261 e.